The van der Waals surface area contributed by atoms with Gasteiger partial charge in [-0.1, -0.05) is 12.1 Å². The molecule has 21 heavy (non-hydrogen) atoms. The van der Waals surface area contributed by atoms with E-state index >= 15 is 0 Å². The second kappa shape index (κ2) is 5.44. The second-order valence-corrected chi connectivity index (χ2v) is 5.01. The first-order valence-electron chi connectivity index (χ1n) is 6.99. The zero-order valence-corrected chi connectivity index (χ0v) is 12.2. The molecule has 0 amide bonds. The van der Waals surface area contributed by atoms with Crippen molar-refractivity contribution in [3.05, 3.63) is 53.5 Å². The monoisotopic (exact) mass is 282 g/mol. The Balaban J connectivity index is 1.89. The Hall–Kier alpha value is -2.56. The van der Waals surface area contributed by atoms with Crippen molar-refractivity contribution in [1.29, 1.82) is 0 Å². The lowest BCUT2D eigenvalue weighted by Gasteiger charge is -2.05. The van der Waals surface area contributed by atoms with Crippen LogP contribution in [0.2, 0.25) is 0 Å². The largest absolute Gasteiger partial charge is 0.494 e. The molecule has 0 bridgehead atoms. The van der Waals surface area contributed by atoms with Crippen LogP contribution in [-0.4, -0.2) is 21.2 Å². The predicted octanol–water partition coefficient (Wildman–Crippen LogP) is 2.61. The number of nitrogen functional groups attached to an aromatic ring is 1. The summed E-state index contributed by atoms with van der Waals surface area (Å²) in [5.41, 5.74) is 9.71. The van der Waals surface area contributed by atoms with Crippen LogP contribution in [0.25, 0.3) is 5.65 Å². The van der Waals surface area contributed by atoms with Gasteiger partial charge in [0.05, 0.1) is 12.3 Å². The normalized spacial score (nSPS) is 11.0. The van der Waals surface area contributed by atoms with Gasteiger partial charge in [0.2, 0.25) is 0 Å². The molecule has 0 aliphatic rings. The Labute approximate surface area is 123 Å². The molecular formula is C16H18N4O. The standard InChI is InChI=1S/C16H18N4O/c1-3-21-13-6-4-12(5-7-13)9-16-19-18-15-8-11(2)14(17)10-20(15)16/h4-8,10H,3,9,17H2,1-2H3. The summed E-state index contributed by atoms with van der Waals surface area (Å²) in [7, 11) is 0. The third-order valence-electron chi connectivity index (χ3n) is 3.46. The molecule has 0 fully saturated rings. The molecule has 0 aliphatic heterocycles. The predicted molar refractivity (Wildman–Crippen MR) is 82.6 cm³/mol. The van der Waals surface area contributed by atoms with E-state index in [0.29, 0.717) is 13.0 Å². The lowest BCUT2D eigenvalue weighted by molar-refractivity contribution is 0.340. The summed E-state index contributed by atoms with van der Waals surface area (Å²) in [6.45, 7) is 4.62. The summed E-state index contributed by atoms with van der Waals surface area (Å²) in [5.74, 6) is 1.76. The minimum atomic E-state index is 0.673. The number of anilines is 1. The maximum Gasteiger partial charge on any atom is 0.161 e. The average molecular weight is 282 g/mol. The molecule has 0 radical (unpaired) electrons. The van der Waals surface area contributed by atoms with E-state index in [0.717, 1.165) is 34.0 Å². The molecule has 2 heterocycles. The second-order valence-electron chi connectivity index (χ2n) is 5.01. The Morgan fingerprint density at radius 2 is 1.95 bits per heavy atom. The smallest absolute Gasteiger partial charge is 0.161 e. The molecule has 2 N–H and O–H groups in total. The molecule has 2 aromatic heterocycles. The van der Waals surface area contributed by atoms with Gasteiger partial charge in [0, 0.05) is 12.6 Å². The van der Waals surface area contributed by atoms with Crippen LogP contribution < -0.4 is 10.5 Å². The maximum atomic E-state index is 5.97. The number of aromatic nitrogens is 3. The highest BCUT2D eigenvalue weighted by atomic mass is 16.5. The number of hydrogen-bond donors (Lipinski definition) is 1. The fourth-order valence-corrected chi connectivity index (χ4v) is 2.27. The molecule has 0 aliphatic carbocycles. The van der Waals surface area contributed by atoms with Crippen molar-refractivity contribution < 1.29 is 4.74 Å². The molecule has 108 valence electrons. The molecule has 0 saturated heterocycles. The van der Waals surface area contributed by atoms with E-state index in [9.17, 15) is 0 Å². The van der Waals surface area contributed by atoms with E-state index in [1.165, 1.54) is 0 Å². The number of ether oxygens (including phenoxy) is 1. The van der Waals surface area contributed by atoms with Crippen molar-refractivity contribution >= 4 is 11.3 Å². The van der Waals surface area contributed by atoms with Crippen LogP contribution in [0.4, 0.5) is 5.69 Å². The van der Waals surface area contributed by atoms with Crippen molar-refractivity contribution in [2.75, 3.05) is 12.3 Å². The number of nitrogens with two attached hydrogens (primary N) is 1. The first-order valence-corrected chi connectivity index (χ1v) is 6.99. The van der Waals surface area contributed by atoms with E-state index in [1.807, 2.05) is 54.8 Å². The van der Waals surface area contributed by atoms with Crippen molar-refractivity contribution in [2.45, 2.75) is 20.3 Å². The third-order valence-corrected chi connectivity index (χ3v) is 3.46. The van der Waals surface area contributed by atoms with E-state index in [2.05, 4.69) is 10.2 Å². The summed E-state index contributed by atoms with van der Waals surface area (Å²) in [6.07, 6.45) is 2.59. The van der Waals surface area contributed by atoms with Gasteiger partial charge >= 0.3 is 0 Å². The van der Waals surface area contributed by atoms with E-state index in [1.54, 1.807) is 0 Å². The molecule has 3 rings (SSSR count). The quantitative estimate of drug-likeness (QED) is 0.799. The Kier molecular flexibility index (Phi) is 3.48. The fraction of sp³-hybridized carbons (Fsp3) is 0.250. The first kappa shape index (κ1) is 13.4. The Bertz CT molecular complexity index is 762. The van der Waals surface area contributed by atoms with Gasteiger partial charge in [-0.3, -0.25) is 4.40 Å². The fourth-order valence-electron chi connectivity index (χ4n) is 2.27. The van der Waals surface area contributed by atoms with Gasteiger partial charge < -0.3 is 10.5 Å². The molecule has 0 atom stereocenters. The lowest BCUT2D eigenvalue weighted by atomic mass is 10.1. The van der Waals surface area contributed by atoms with Crippen LogP contribution in [0.3, 0.4) is 0 Å². The first-order chi connectivity index (χ1) is 10.2. The van der Waals surface area contributed by atoms with E-state index < -0.39 is 0 Å². The summed E-state index contributed by atoms with van der Waals surface area (Å²) < 4.78 is 7.39. The number of fused-ring (bicyclic) bond motifs is 1. The summed E-state index contributed by atoms with van der Waals surface area (Å²) in [5, 5.41) is 8.45. The zero-order valence-electron chi connectivity index (χ0n) is 12.2. The van der Waals surface area contributed by atoms with Gasteiger partial charge in [-0.05, 0) is 43.2 Å². The molecule has 1 aromatic carbocycles. The number of benzene rings is 1. The number of hydrogen-bond acceptors (Lipinski definition) is 4. The maximum absolute atomic E-state index is 5.97. The average Bonchev–Trinajstić information content (AvgIpc) is 2.84. The van der Waals surface area contributed by atoms with Gasteiger partial charge in [-0.2, -0.15) is 0 Å². The molecule has 0 unspecified atom stereocenters. The van der Waals surface area contributed by atoms with Gasteiger partial charge in [0.1, 0.15) is 11.6 Å². The number of rotatable bonds is 4. The minimum Gasteiger partial charge on any atom is -0.494 e. The van der Waals surface area contributed by atoms with Crippen molar-refractivity contribution in [2.24, 2.45) is 0 Å². The Morgan fingerprint density at radius 1 is 1.19 bits per heavy atom. The molecule has 3 aromatic rings. The number of aryl methyl sites for hydroxylation is 1. The van der Waals surface area contributed by atoms with Crippen LogP contribution >= 0.6 is 0 Å². The van der Waals surface area contributed by atoms with Crippen molar-refractivity contribution in [1.82, 2.24) is 14.6 Å². The van der Waals surface area contributed by atoms with Gasteiger partial charge in [-0.25, -0.2) is 0 Å². The molecule has 0 saturated carbocycles. The van der Waals surface area contributed by atoms with E-state index in [-0.39, 0.29) is 0 Å². The van der Waals surface area contributed by atoms with Crippen LogP contribution in [-0.2, 0) is 6.42 Å². The van der Waals surface area contributed by atoms with Crippen LogP contribution in [0.15, 0.2) is 36.5 Å². The molecule has 5 nitrogen and oxygen atoms in total. The highest BCUT2D eigenvalue weighted by molar-refractivity contribution is 5.53. The van der Waals surface area contributed by atoms with Crippen LogP contribution in [0, 0.1) is 6.92 Å². The summed E-state index contributed by atoms with van der Waals surface area (Å²) in [6, 6.07) is 9.98. The van der Waals surface area contributed by atoms with Crippen molar-refractivity contribution in [3.8, 4) is 5.75 Å². The number of pyridine rings is 1. The summed E-state index contributed by atoms with van der Waals surface area (Å²) >= 11 is 0. The van der Waals surface area contributed by atoms with Crippen LogP contribution in [0.5, 0.6) is 5.75 Å². The molecule has 0 spiro atoms. The van der Waals surface area contributed by atoms with Gasteiger partial charge in [0.15, 0.2) is 5.65 Å². The van der Waals surface area contributed by atoms with Crippen LogP contribution in [0.1, 0.15) is 23.9 Å². The van der Waals surface area contributed by atoms with Gasteiger partial charge in [-0.15, -0.1) is 10.2 Å². The topological polar surface area (TPSA) is 65.4 Å². The van der Waals surface area contributed by atoms with Gasteiger partial charge in [0.25, 0.3) is 0 Å². The Morgan fingerprint density at radius 3 is 2.67 bits per heavy atom. The molecular weight excluding hydrogens is 264 g/mol. The SMILES string of the molecule is CCOc1ccc(Cc2nnc3cc(C)c(N)cn23)cc1. The number of nitrogens with zero attached hydrogens (tertiary/aromatic N) is 3. The molecule has 5 heteroatoms. The highest BCUT2D eigenvalue weighted by Gasteiger charge is 2.08. The summed E-state index contributed by atoms with van der Waals surface area (Å²) in [4.78, 5) is 0. The minimum absolute atomic E-state index is 0.673. The third kappa shape index (κ3) is 2.67. The highest BCUT2D eigenvalue weighted by Crippen LogP contribution is 2.17. The zero-order chi connectivity index (χ0) is 14.8. The van der Waals surface area contributed by atoms with E-state index in [4.69, 9.17) is 10.5 Å². The van der Waals surface area contributed by atoms with Crippen molar-refractivity contribution in [3.63, 3.8) is 0 Å². The lowest BCUT2D eigenvalue weighted by Crippen LogP contribution is -2.00.